The Morgan fingerprint density at radius 2 is 2.17 bits per heavy atom. The molecule has 0 spiro atoms. The van der Waals surface area contributed by atoms with E-state index in [1.54, 1.807) is 23.3 Å². The van der Waals surface area contributed by atoms with Crippen molar-refractivity contribution in [3.05, 3.63) is 52.2 Å². The largest absolute Gasteiger partial charge is 0.383 e. The third-order valence-electron chi connectivity index (χ3n) is 4.10. The van der Waals surface area contributed by atoms with Gasteiger partial charge >= 0.3 is 0 Å². The van der Waals surface area contributed by atoms with E-state index in [2.05, 4.69) is 5.32 Å². The summed E-state index contributed by atoms with van der Waals surface area (Å²) in [6.45, 7) is 1.52. The monoisotopic (exact) mass is 344 g/mol. The summed E-state index contributed by atoms with van der Waals surface area (Å²) >= 11 is 1.62. The number of methoxy groups -OCH3 is 1. The second-order valence-electron chi connectivity index (χ2n) is 5.72. The van der Waals surface area contributed by atoms with E-state index in [0.717, 1.165) is 16.1 Å². The Morgan fingerprint density at radius 3 is 2.92 bits per heavy atom. The Morgan fingerprint density at radius 1 is 1.33 bits per heavy atom. The minimum absolute atomic E-state index is 0.0252. The Labute approximate surface area is 145 Å². The van der Waals surface area contributed by atoms with Crippen LogP contribution in [0.4, 0.5) is 5.69 Å². The molecule has 1 atom stereocenters. The van der Waals surface area contributed by atoms with Crippen molar-refractivity contribution in [3.8, 4) is 0 Å². The molecular weight excluding hydrogens is 324 g/mol. The van der Waals surface area contributed by atoms with Crippen LogP contribution in [-0.4, -0.2) is 37.0 Å². The van der Waals surface area contributed by atoms with Crippen LogP contribution in [0.3, 0.4) is 0 Å². The van der Waals surface area contributed by atoms with E-state index in [4.69, 9.17) is 4.74 Å². The van der Waals surface area contributed by atoms with Crippen LogP contribution in [0.1, 0.15) is 22.8 Å². The van der Waals surface area contributed by atoms with Gasteiger partial charge in [0.25, 0.3) is 0 Å². The average Bonchev–Trinajstić information content (AvgIpc) is 3.10. The smallest absolute Gasteiger partial charge is 0.231 e. The number of thiophene rings is 1. The van der Waals surface area contributed by atoms with Crippen molar-refractivity contribution in [1.82, 2.24) is 4.90 Å². The summed E-state index contributed by atoms with van der Waals surface area (Å²) in [6, 6.07) is 11.5. The van der Waals surface area contributed by atoms with Crippen molar-refractivity contribution in [2.24, 2.45) is 0 Å². The summed E-state index contributed by atoms with van der Waals surface area (Å²) in [4.78, 5) is 28.0. The number of benzene rings is 1. The highest BCUT2D eigenvalue weighted by Crippen LogP contribution is 2.33. The van der Waals surface area contributed by atoms with Gasteiger partial charge in [-0.15, -0.1) is 11.3 Å². The number of nitrogens with one attached hydrogen (secondary N) is 1. The fourth-order valence-electron chi connectivity index (χ4n) is 2.91. The van der Waals surface area contributed by atoms with E-state index in [0.29, 0.717) is 19.7 Å². The number of carbonyl (C=O) groups is 2. The Kier molecular flexibility index (Phi) is 5.27. The molecule has 1 aliphatic rings. The first-order valence-electron chi connectivity index (χ1n) is 7.88. The van der Waals surface area contributed by atoms with Gasteiger partial charge in [0.15, 0.2) is 0 Å². The summed E-state index contributed by atoms with van der Waals surface area (Å²) in [6.07, 6.45) is 0.184. The molecule has 3 rings (SSSR count). The predicted octanol–water partition coefficient (Wildman–Crippen LogP) is 2.85. The maximum atomic E-state index is 13.1. The number of nitrogens with zero attached hydrogens (tertiary/aromatic N) is 1. The first kappa shape index (κ1) is 16.7. The molecule has 2 aromatic rings. The van der Waals surface area contributed by atoms with E-state index in [1.165, 1.54) is 0 Å². The van der Waals surface area contributed by atoms with Gasteiger partial charge in [-0.1, -0.05) is 24.3 Å². The topological polar surface area (TPSA) is 58.6 Å². The number of para-hydroxylation sites is 1. The molecule has 24 heavy (non-hydrogen) atoms. The highest BCUT2D eigenvalue weighted by Gasteiger charge is 2.33. The van der Waals surface area contributed by atoms with Gasteiger partial charge in [-0.2, -0.15) is 0 Å². The zero-order chi connectivity index (χ0) is 16.9. The van der Waals surface area contributed by atoms with Crippen LogP contribution in [0.2, 0.25) is 0 Å². The molecule has 2 heterocycles. The third-order valence-corrected chi connectivity index (χ3v) is 4.96. The van der Waals surface area contributed by atoms with Gasteiger partial charge in [0, 0.05) is 30.6 Å². The summed E-state index contributed by atoms with van der Waals surface area (Å²) < 4.78 is 5.15. The Bertz CT molecular complexity index is 715. The lowest BCUT2D eigenvalue weighted by Gasteiger charge is -2.30. The fourth-order valence-corrected chi connectivity index (χ4v) is 3.63. The third kappa shape index (κ3) is 3.66. The van der Waals surface area contributed by atoms with Crippen molar-refractivity contribution >= 4 is 28.8 Å². The van der Waals surface area contributed by atoms with E-state index in [1.807, 2.05) is 41.8 Å². The minimum Gasteiger partial charge on any atom is -0.383 e. The van der Waals surface area contributed by atoms with Crippen LogP contribution in [0.25, 0.3) is 0 Å². The molecule has 0 saturated carbocycles. The molecule has 1 N–H and O–H groups in total. The molecule has 1 aliphatic heterocycles. The molecule has 0 bridgehead atoms. The van der Waals surface area contributed by atoms with Gasteiger partial charge in [-0.3, -0.25) is 9.59 Å². The average molecular weight is 344 g/mol. The Balaban J connectivity index is 1.85. The van der Waals surface area contributed by atoms with Gasteiger partial charge in [0.05, 0.1) is 19.1 Å². The molecular formula is C18H20N2O3S. The number of fused-ring (bicyclic) bond motifs is 1. The minimum atomic E-state index is -0.438. The first-order valence-corrected chi connectivity index (χ1v) is 8.76. The van der Waals surface area contributed by atoms with Gasteiger partial charge < -0.3 is 15.0 Å². The highest BCUT2D eigenvalue weighted by molar-refractivity contribution is 7.09. The van der Waals surface area contributed by atoms with Crippen LogP contribution in [0.15, 0.2) is 41.8 Å². The molecule has 5 nitrogen and oxygen atoms in total. The van der Waals surface area contributed by atoms with Crippen molar-refractivity contribution in [3.63, 3.8) is 0 Å². The molecule has 0 saturated heterocycles. The Hall–Kier alpha value is -2.18. The van der Waals surface area contributed by atoms with Crippen molar-refractivity contribution in [2.75, 3.05) is 25.6 Å². The number of amides is 2. The normalized spacial score (nSPS) is 16.4. The lowest BCUT2D eigenvalue weighted by Crippen LogP contribution is -2.39. The summed E-state index contributed by atoms with van der Waals surface area (Å²) in [5.74, 6) is -0.579. The zero-order valence-electron chi connectivity index (χ0n) is 13.5. The molecule has 126 valence electrons. The number of rotatable bonds is 6. The molecule has 0 fully saturated rings. The fraction of sp³-hybridized carbons (Fsp3) is 0.333. The molecule has 2 amide bonds. The van der Waals surface area contributed by atoms with E-state index in [-0.39, 0.29) is 18.2 Å². The van der Waals surface area contributed by atoms with E-state index >= 15 is 0 Å². The SMILES string of the molecule is COCCN(Cc1cccs1)C(=O)[C@@H]1CC(=O)Nc2ccccc21. The van der Waals surface area contributed by atoms with Crippen molar-refractivity contribution in [2.45, 2.75) is 18.9 Å². The summed E-state index contributed by atoms with van der Waals surface area (Å²) in [5.41, 5.74) is 1.62. The van der Waals surface area contributed by atoms with Crippen LogP contribution in [0.5, 0.6) is 0 Å². The lowest BCUT2D eigenvalue weighted by atomic mass is 9.89. The van der Waals surface area contributed by atoms with Gasteiger partial charge in [0.2, 0.25) is 11.8 Å². The number of carbonyl (C=O) groups excluding carboxylic acids is 2. The van der Waals surface area contributed by atoms with Gasteiger partial charge in [0.1, 0.15) is 0 Å². The maximum absolute atomic E-state index is 13.1. The second kappa shape index (κ2) is 7.59. The lowest BCUT2D eigenvalue weighted by molar-refractivity contribution is -0.136. The first-order chi connectivity index (χ1) is 11.7. The van der Waals surface area contributed by atoms with Crippen LogP contribution in [0, 0.1) is 0 Å². The zero-order valence-corrected chi connectivity index (χ0v) is 14.3. The van der Waals surface area contributed by atoms with Crippen LogP contribution < -0.4 is 5.32 Å². The second-order valence-corrected chi connectivity index (χ2v) is 6.76. The molecule has 1 aromatic carbocycles. The van der Waals surface area contributed by atoms with Crippen LogP contribution >= 0.6 is 11.3 Å². The van der Waals surface area contributed by atoms with Crippen LogP contribution in [-0.2, 0) is 20.9 Å². The molecule has 0 radical (unpaired) electrons. The number of hydrogen-bond acceptors (Lipinski definition) is 4. The standard InChI is InChI=1S/C18H20N2O3S/c1-23-9-8-20(12-13-5-4-10-24-13)18(22)15-11-17(21)19-16-7-3-2-6-14(15)16/h2-7,10,15H,8-9,11-12H2,1H3,(H,19,21)/t15-/m1/s1. The molecule has 1 aromatic heterocycles. The quantitative estimate of drug-likeness (QED) is 0.877. The summed E-state index contributed by atoms with van der Waals surface area (Å²) in [7, 11) is 1.62. The van der Waals surface area contributed by atoms with Gasteiger partial charge in [-0.05, 0) is 23.1 Å². The predicted molar refractivity (Wildman–Crippen MR) is 94.0 cm³/mol. The molecule has 0 unspecified atom stereocenters. The number of hydrogen-bond donors (Lipinski definition) is 1. The maximum Gasteiger partial charge on any atom is 0.231 e. The van der Waals surface area contributed by atoms with Crippen molar-refractivity contribution < 1.29 is 14.3 Å². The number of anilines is 1. The van der Waals surface area contributed by atoms with E-state index in [9.17, 15) is 9.59 Å². The molecule has 6 heteroatoms. The van der Waals surface area contributed by atoms with E-state index < -0.39 is 5.92 Å². The van der Waals surface area contributed by atoms with Gasteiger partial charge in [-0.25, -0.2) is 0 Å². The summed E-state index contributed by atoms with van der Waals surface area (Å²) in [5, 5.41) is 4.84. The molecule has 0 aliphatic carbocycles. The highest BCUT2D eigenvalue weighted by atomic mass is 32.1. The van der Waals surface area contributed by atoms with Crippen molar-refractivity contribution in [1.29, 1.82) is 0 Å². The number of ether oxygens (including phenoxy) is 1.